The second-order valence-electron chi connectivity index (χ2n) is 5.78. The molecule has 0 saturated carbocycles. The molecule has 0 spiro atoms. The summed E-state index contributed by atoms with van der Waals surface area (Å²) in [5.74, 6) is 1.07. The second kappa shape index (κ2) is 7.57. The molecule has 3 aromatic rings. The van der Waals surface area contributed by atoms with Gasteiger partial charge in [0.1, 0.15) is 30.4 Å². The molecule has 2 heterocycles. The molecule has 0 fully saturated rings. The molecule has 0 aliphatic rings. The van der Waals surface area contributed by atoms with Crippen LogP contribution >= 0.6 is 0 Å². The quantitative estimate of drug-likeness (QED) is 0.747. The van der Waals surface area contributed by atoms with Crippen molar-refractivity contribution < 1.29 is 9.53 Å². The predicted octanol–water partition coefficient (Wildman–Crippen LogP) is 2.51. The van der Waals surface area contributed by atoms with Crippen molar-refractivity contribution in [1.29, 1.82) is 0 Å². The molecule has 0 saturated heterocycles. The number of hydrogen-bond acceptors (Lipinski definition) is 5. The molecule has 2 aromatic heterocycles. The highest BCUT2D eigenvalue weighted by Gasteiger charge is 2.08. The Morgan fingerprint density at radius 1 is 1.20 bits per heavy atom. The van der Waals surface area contributed by atoms with E-state index < -0.39 is 0 Å². The van der Waals surface area contributed by atoms with Gasteiger partial charge in [-0.2, -0.15) is 0 Å². The summed E-state index contributed by atoms with van der Waals surface area (Å²) in [5.41, 5.74) is 2.82. The fourth-order valence-electron chi connectivity index (χ4n) is 2.22. The summed E-state index contributed by atoms with van der Waals surface area (Å²) in [6, 6.07) is 11.4. The van der Waals surface area contributed by atoms with Crippen molar-refractivity contribution in [3.05, 3.63) is 65.6 Å². The minimum atomic E-state index is -0.215. The zero-order chi connectivity index (χ0) is 17.6. The highest BCUT2D eigenvalue weighted by molar-refractivity contribution is 5.89. The van der Waals surface area contributed by atoms with Crippen molar-refractivity contribution in [3.63, 3.8) is 0 Å². The van der Waals surface area contributed by atoms with Crippen molar-refractivity contribution in [2.75, 3.05) is 5.32 Å². The Balaban J connectivity index is 1.52. The number of nitrogens with zero attached hydrogens (tertiary/aromatic N) is 4. The van der Waals surface area contributed by atoms with Gasteiger partial charge >= 0.3 is 0 Å². The van der Waals surface area contributed by atoms with Crippen LogP contribution in [0.2, 0.25) is 0 Å². The first-order valence-corrected chi connectivity index (χ1v) is 7.89. The van der Waals surface area contributed by atoms with Gasteiger partial charge in [-0.1, -0.05) is 23.4 Å². The summed E-state index contributed by atoms with van der Waals surface area (Å²) in [5, 5.41) is 10.7. The number of pyridine rings is 1. The van der Waals surface area contributed by atoms with Crippen LogP contribution < -0.4 is 10.1 Å². The summed E-state index contributed by atoms with van der Waals surface area (Å²) in [6.07, 6.45) is 3.39. The lowest BCUT2D eigenvalue weighted by Gasteiger charge is -2.04. The van der Waals surface area contributed by atoms with Crippen LogP contribution in [-0.2, 0) is 17.9 Å². The first kappa shape index (κ1) is 16.6. The molecule has 0 radical (unpaired) electrons. The van der Waals surface area contributed by atoms with E-state index in [-0.39, 0.29) is 12.5 Å². The Bertz CT molecular complexity index is 858. The van der Waals surface area contributed by atoms with E-state index in [0.29, 0.717) is 18.1 Å². The van der Waals surface area contributed by atoms with E-state index in [2.05, 4.69) is 20.6 Å². The van der Waals surface area contributed by atoms with Crippen LogP contribution in [0.1, 0.15) is 16.8 Å². The van der Waals surface area contributed by atoms with Crippen molar-refractivity contribution in [1.82, 2.24) is 20.0 Å². The molecule has 1 N–H and O–H groups in total. The summed E-state index contributed by atoms with van der Waals surface area (Å²) < 4.78 is 7.14. The standard InChI is InChI=1S/C18H19N5O2/c1-13-4-3-5-16(8-13)25-12-15-10-23(22-21-15)11-18(24)20-17-7-6-14(2)9-19-17/h3-10H,11-12H2,1-2H3,(H,19,20,24). The number of ether oxygens (including phenoxy) is 1. The number of amides is 1. The van der Waals surface area contributed by atoms with Crippen LogP contribution in [0.15, 0.2) is 48.8 Å². The van der Waals surface area contributed by atoms with E-state index in [1.807, 2.05) is 44.2 Å². The number of rotatable bonds is 6. The number of aryl methyl sites for hydroxylation is 2. The van der Waals surface area contributed by atoms with Crippen molar-refractivity contribution in [2.45, 2.75) is 27.0 Å². The Morgan fingerprint density at radius 2 is 2.08 bits per heavy atom. The van der Waals surface area contributed by atoms with Crippen molar-refractivity contribution in [2.24, 2.45) is 0 Å². The zero-order valence-electron chi connectivity index (χ0n) is 14.1. The number of anilines is 1. The van der Waals surface area contributed by atoms with Crippen molar-refractivity contribution in [3.8, 4) is 5.75 Å². The fourth-order valence-corrected chi connectivity index (χ4v) is 2.22. The molecule has 25 heavy (non-hydrogen) atoms. The van der Waals surface area contributed by atoms with E-state index in [1.165, 1.54) is 4.68 Å². The first-order chi connectivity index (χ1) is 12.1. The van der Waals surface area contributed by atoms with E-state index in [9.17, 15) is 4.79 Å². The van der Waals surface area contributed by atoms with Gasteiger partial charge in [-0.15, -0.1) is 5.10 Å². The molecule has 0 atom stereocenters. The molecule has 7 heteroatoms. The van der Waals surface area contributed by atoms with Crippen LogP contribution in [0.25, 0.3) is 0 Å². The van der Waals surface area contributed by atoms with Crippen molar-refractivity contribution >= 4 is 11.7 Å². The van der Waals surface area contributed by atoms with Gasteiger partial charge < -0.3 is 10.1 Å². The molecule has 3 rings (SSSR count). The lowest BCUT2D eigenvalue weighted by Crippen LogP contribution is -2.19. The summed E-state index contributed by atoms with van der Waals surface area (Å²) >= 11 is 0. The molecule has 1 aromatic carbocycles. The molecule has 0 bridgehead atoms. The highest BCUT2D eigenvalue weighted by atomic mass is 16.5. The van der Waals surface area contributed by atoms with Gasteiger partial charge in [0, 0.05) is 6.20 Å². The predicted molar refractivity (Wildman–Crippen MR) is 93.1 cm³/mol. The average Bonchev–Trinajstić information content (AvgIpc) is 3.02. The SMILES string of the molecule is Cc1ccc(NC(=O)Cn2cc(COc3cccc(C)c3)nn2)nc1. The van der Waals surface area contributed by atoms with Gasteiger partial charge in [0.25, 0.3) is 0 Å². The minimum Gasteiger partial charge on any atom is -0.487 e. The maximum atomic E-state index is 12.0. The van der Waals surface area contributed by atoms with Crippen LogP contribution in [-0.4, -0.2) is 25.9 Å². The summed E-state index contributed by atoms with van der Waals surface area (Å²) in [7, 11) is 0. The van der Waals surface area contributed by atoms with Crippen LogP contribution in [0.3, 0.4) is 0 Å². The van der Waals surface area contributed by atoms with Crippen LogP contribution in [0.5, 0.6) is 5.75 Å². The Labute approximate surface area is 145 Å². The van der Waals surface area contributed by atoms with Gasteiger partial charge in [-0.05, 0) is 43.2 Å². The first-order valence-electron chi connectivity index (χ1n) is 7.89. The molecular formula is C18H19N5O2. The van der Waals surface area contributed by atoms with E-state index in [0.717, 1.165) is 16.9 Å². The van der Waals surface area contributed by atoms with Gasteiger partial charge in [-0.3, -0.25) is 4.79 Å². The van der Waals surface area contributed by atoms with Gasteiger partial charge in [0.15, 0.2) is 0 Å². The Hall–Kier alpha value is -3.22. The number of hydrogen-bond donors (Lipinski definition) is 1. The normalized spacial score (nSPS) is 10.5. The zero-order valence-corrected chi connectivity index (χ0v) is 14.1. The smallest absolute Gasteiger partial charge is 0.247 e. The number of carbonyl (C=O) groups is 1. The third-order valence-corrected chi connectivity index (χ3v) is 3.45. The third-order valence-electron chi connectivity index (χ3n) is 3.45. The minimum absolute atomic E-state index is 0.0625. The number of nitrogens with one attached hydrogen (secondary N) is 1. The van der Waals surface area contributed by atoms with Gasteiger partial charge in [-0.25, -0.2) is 9.67 Å². The topological polar surface area (TPSA) is 81.9 Å². The molecule has 128 valence electrons. The molecule has 7 nitrogen and oxygen atoms in total. The maximum Gasteiger partial charge on any atom is 0.247 e. The highest BCUT2D eigenvalue weighted by Crippen LogP contribution is 2.13. The number of carbonyl (C=O) groups excluding carboxylic acids is 1. The Morgan fingerprint density at radius 3 is 2.84 bits per heavy atom. The maximum absolute atomic E-state index is 12.0. The third kappa shape index (κ3) is 4.87. The van der Waals surface area contributed by atoms with Crippen LogP contribution in [0.4, 0.5) is 5.82 Å². The van der Waals surface area contributed by atoms with E-state index in [1.54, 1.807) is 18.5 Å². The average molecular weight is 337 g/mol. The molecule has 0 aliphatic heterocycles. The lowest BCUT2D eigenvalue weighted by atomic mass is 10.2. The monoisotopic (exact) mass is 337 g/mol. The van der Waals surface area contributed by atoms with Gasteiger partial charge in [0.2, 0.25) is 5.91 Å². The lowest BCUT2D eigenvalue weighted by molar-refractivity contribution is -0.116. The van der Waals surface area contributed by atoms with E-state index >= 15 is 0 Å². The molecular weight excluding hydrogens is 318 g/mol. The summed E-state index contributed by atoms with van der Waals surface area (Å²) in [6.45, 7) is 4.30. The molecule has 1 amide bonds. The summed E-state index contributed by atoms with van der Waals surface area (Å²) in [4.78, 5) is 16.2. The Kier molecular flexibility index (Phi) is 5.03. The second-order valence-corrected chi connectivity index (χ2v) is 5.78. The van der Waals surface area contributed by atoms with E-state index in [4.69, 9.17) is 4.74 Å². The fraction of sp³-hybridized carbons (Fsp3) is 0.222. The van der Waals surface area contributed by atoms with Crippen LogP contribution in [0, 0.1) is 13.8 Å². The number of benzene rings is 1. The number of aromatic nitrogens is 4. The molecule has 0 unspecified atom stereocenters. The largest absolute Gasteiger partial charge is 0.487 e. The molecule has 0 aliphatic carbocycles. The van der Waals surface area contributed by atoms with Gasteiger partial charge in [0.05, 0.1) is 6.20 Å².